The van der Waals surface area contributed by atoms with Gasteiger partial charge in [-0.15, -0.1) is 0 Å². The summed E-state index contributed by atoms with van der Waals surface area (Å²) in [7, 11) is 0. The Morgan fingerprint density at radius 3 is 3.20 bits per heavy atom. The Bertz CT molecular complexity index is 133. The monoisotopic (exact) mass is 158 g/mol. The molecule has 1 heterocycles. The topological polar surface area (TPSA) is 9.23 Å². The lowest BCUT2D eigenvalue weighted by Gasteiger charge is -2.29. The van der Waals surface area contributed by atoms with Gasteiger partial charge in [-0.2, -0.15) is 12.6 Å². The van der Waals surface area contributed by atoms with E-state index in [2.05, 4.69) is 12.6 Å². The first kappa shape index (κ1) is 6.99. The molecule has 1 aliphatic heterocycles. The summed E-state index contributed by atoms with van der Waals surface area (Å²) in [4.78, 5) is 0. The van der Waals surface area contributed by atoms with E-state index >= 15 is 0 Å². The Morgan fingerprint density at radius 2 is 2.50 bits per heavy atom. The third-order valence-electron chi connectivity index (χ3n) is 2.82. The molecular weight excluding hydrogens is 144 g/mol. The fourth-order valence-corrected chi connectivity index (χ4v) is 2.58. The maximum atomic E-state index is 5.74. The van der Waals surface area contributed by atoms with Crippen molar-refractivity contribution in [2.75, 3.05) is 12.4 Å². The molecule has 1 aliphatic carbocycles. The highest BCUT2D eigenvalue weighted by molar-refractivity contribution is 7.80. The maximum absolute atomic E-state index is 5.74. The lowest BCUT2D eigenvalue weighted by molar-refractivity contribution is 0.0194. The van der Waals surface area contributed by atoms with Crippen LogP contribution in [0.25, 0.3) is 0 Å². The highest BCUT2D eigenvalue weighted by Crippen LogP contribution is 2.42. The Morgan fingerprint density at radius 1 is 1.60 bits per heavy atom. The quantitative estimate of drug-likeness (QED) is 0.573. The minimum Gasteiger partial charge on any atom is -0.374 e. The molecule has 2 heteroatoms. The number of thiol groups is 1. The van der Waals surface area contributed by atoms with Gasteiger partial charge in [-0.25, -0.2) is 0 Å². The molecule has 2 unspecified atom stereocenters. The molecule has 10 heavy (non-hydrogen) atoms. The summed E-state index contributed by atoms with van der Waals surface area (Å²) < 4.78 is 5.74. The highest BCUT2D eigenvalue weighted by atomic mass is 32.1. The molecule has 2 bridgehead atoms. The number of hydrogen-bond acceptors (Lipinski definition) is 2. The molecule has 2 rings (SSSR count). The van der Waals surface area contributed by atoms with E-state index in [4.69, 9.17) is 4.74 Å². The van der Waals surface area contributed by atoms with Crippen LogP contribution in [0.3, 0.4) is 0 Å². The van der Waals surface area contributed by atoms with E-state index in [1.165, 1.54) is 25.7 Å². The van der Waals surface area contributed by atoms with Crippen molar-refractivity contribution in [1.82, 2.24) is 0 Å². The Labute approximate surface area is 67.6 Å². The summed E-state index contributed by atoms with van der Waals surface area (Å²) >= 11 is 4.33. The van der Waals surface area contributed by atoms with Crippen LogP contribution in [-0.2, 0) is 4.74 Å². The highest BCUT2D eigenvalue weighted by Gasteiger charge is 2.41. The third-order valence-corrected chi connectivity index (χ3v) is 3.40. The first-order valence-corrected chi connectivity index (χ1v) is 4.73. The van der Waals surface area contributed by atoms with Gasteiger partial charge in [0.25, 0.3) is 0 Å². The van der Waals surface area contributed by atoms with Crippen LogP contribution in [0.4, 0.5) is 0 Å². The van der Waals surface area contributed by atoms with Gasteiger partial charge in [-0.1, -0.05) is 6.42 Å². The zero-order valence-corrected chi connectivity index (χ0v) is 7.07. The van der Waals surface area contributed by atoms with Gasteiger partial charge in [0.05, 0.1) is 12.2 Å². The molecule has 1 nitrogen and oxygen atoms in total. The smallest absolute Gasteiger partial charge is 0.0773 e. The summed E-state index contributed by atoms with van der Waals surface area (Å²) in [6.07, 6.45) is 5.25. The Kier molecular flexibility index (Phi) is 1.69. The summed E-state index contributed by atoms with van der Waals surface area (Å²) in [6, 6.07) is 0. The van der Waals surface area contributed by atoms with E-state index in [0.717, 1.165) is 18.3 Å². The van der Waals surface area contributed by atoms with E-state index in [1.807, 2.05) is 0 Å². The molecule has 0 aromatic heterocycles. The molecule has 1 saturated heterocycles. The molecule has 58 valence electrons. The van der Waals surface area contributed by atoms with E-state index in [0.29, 0.717) is 0 Å². The van der Waals surface area contributed by atoms with Gasteiger partial charge >= 0.3 is 0 Å². The predicted molar refractivity (Wildman–Crippen MR) is 44.5 cm³/mol. The molecule has 2 atom stereocenters. The van der Waals surface area contributed by atoms with Crippen molar-refractivity contribution in [2.24, 2.45) is 5.92 Å². The van der Waals surface area contributed by atoms with Gasteiger partial charge in [0, 0.05) is 5.75 Å². The van der Waals surface area contributed by atoms with Crippen molar-refractivity contribution in [3.8, 4) is 0 Å². The molecule has 0 aromatic carbocycles. The Hall–Kier alpha value is 0.310. The molecule has 2 fully saturated rings. The summed E-state index contributed by atoms with van der Waals surface area (Å²) in [5.74, 6) is 1.78. The number of hydrogen-bond donors (Lipinski definition) is 1. The number of rotatable bonds is 1. The molecule has 0 aromatic rings. The molecule has 0 spiro atoms. The van der Waals surface area contributed by atoms with Crippen LogP contribution in [-0.4, -0.2) is 18.0 Å². The molecular formula is C8H14OS. The van der Waals surface area contributed by atoms with Crippen LogP contribution in [0.1, 0.15) is 25.7 Å². The van der Waals surface area contributed by atoms with E-state index in [9.17, 15) is 0 Å². The zero-order valence-electron chi connectivity index (χ0n) is 6.18. The normalized spacial score (nSPS) is 45.9. The molecule has 0 radical (unpaired) electrons. The van der Waals surface area contributed by atoms with Gasteiger partial charge in [-0.3, -0.25) is 0 Å². The standard InChI is InChI=1S/C8H14OS/c10-6-8-3-1-2-7(4-8)5-9-8/h7,10H,1-6H2. The minimum atomic E-state index is 0.200. The lowest BCUT2D eigenvalue weighted by atomic mass is 9.82. The predicted octanol–water partition coefficient (Wildman–Crippen LogP) is 1.88. The minimum absolute atomic E-state index is 0.200. The first-order valence-electron chi connectivity index (χ1n) is 4.09. The van der Waals surface area contributed by atoms with Crippen molar-refractivity contribution >= 4 is 12.6 Å². The van der Waals surface area contributed by atoms with Gasteiger partial charge in [0.1, 0.15) is 0 Å². The van der Waals surface area contributed by atoms with Crippen molar-refractivity contribution < 1.29 is 4.74 Å². The fourth-order valence-electron chi connectivity index (χ4n) is 2.20. The molecule has 2 aliphatic rings. The molecule has 0 N–H and O–H groups in total. The van der Waals surface area contributed by atoms with Crippen LogP contribution in [0.5, 0.6) is 0 Å². The Balaban J connectivity index is 2.10. The number of ether oxygens (including phenoxy) is 1. The van der Waals surface area contributed by atoms with Crippen LogP contribution in [0, 0.1) is 5.92 Å². The summed E-state index contributed by atoms with van der Waals surface area (Å²) in [6.45, 7) is 1.00. The number of fused-ring (bicyclic) bond motifs is 2. The van der Waals surface area contributed by atoms with Crippen LogP contribution in [0.15, 0.2) is 0 Å². The second-order valence-corrected chi connectivity index (χ2v) is 3.93. The lowest BCUT2D eigenvalue weighted by Crippen LogP contribution is -2.32. The van der Waals surface area contributed by atoms with Crippen LogP contribution in [0.2, 0.25) is 0 Å². The largest absolute Gasteiger partial charge is 0.374 e. The van der Waals surface area contributed by atoms with E-state index in [1.54, 1.807) is 0 Å². The second-order valence-electron chi connectivity index (χ2n) is 3.61. The maximum Gasteiger partial charge on any atom is 0.0773 e. The average Bonchev–Trinajstić information content (AvgIpc) is 2.29. The molecule has 1 saturated carbocycles. The average molecular weight is 158 g/mol. The second kappa shape index (κ2) is 2.42. The van der Waals surface area contributed by atoms with Crippen molar-refractivity contribution in [3.05, 3.63) is 0 Å². The van der Waals surface area contributed by atoms with Gasteiger partial charge in [0.15, 0.2) is 0 Å². The van der Waals surface area contributed by atoms with Gasteiger partial charge in [-0.05, 0) is 25.2 Å². The van der Waals surface area contributed by atoms with E-state index in [-0.39, 0.29) is 5.60 Å². The van der Waals surface area contributed by atoms with Crippen LogP contribution < -0.4 is 0 Å². The molecule has 0 amide bonds. The van der Waals surface area contributed by atoms with Crippen molar-refractivity contribution in [1.29, 1.82) is 0 Å². The fraction of sp³-hybridized carbons (Fsp3) is 1.00. The summed E-state index contributed by atoms with van der Waals surface area (Å²) in [5.41, 5.74) is 0.200. The van der Waals surface area contributed by atoms with E-state index < -0.39 is 0 Å². The van der Waals surface area contributed by atoms with Crippen molar-refractivity contribution in [2.45, 2.75) is 31.3 Å². The van der Waals surface area contributed by atoms with Gasteiger partial charge in [0.2, 0.25) is 0 Å². The SMILES string of the molecule is SCC12CCCC(CO1)C2. The van der Waals surface area contributed by atoms with Crippen LogP contribution >= 0.6 is 12.6 Å². The third kappa shape index (κ3) is 0.978. The van der Waals surface area contributed by atoms with Crippen molar-refractivity contribution in [3.63, 3.8) is 0 Å². The van der Waals surface area contributed by atoms with Gasteiger partial charge < -0.3 is 4.74 Å². The first-order chi connectivity index (χ1) is 4.85. The summed E-state index contributed by atoms with van der Waals surface area (Å²) in [5, 5.41) is 0. The zero-order chi connectivity index (χ0) is 7.03.